The molecule has 1 aromatic heterocycles. The van der Waals surface area contributed by atoms with Crippen molar-refractivity contribution in [3.05, 3.63) is 54.2 Å². The number of aromatic amines is 1. The van der Waals surface area contributed by atoms with Gasteiger partial charge in [-0.25, -0.2) is 4.79 Å². The number of benzene rings is 2. The van der Waals surface area contributed by atoms with Gasteiger partial charge in [-0.05, 0) is 46.8 Å². The normalized spacial score (nSPS) is 10.7. The van der Waals surface area contributed by atoms with E-state index >= 15 is 0 Å². The quantitative estimate of drug-likeness (QED) is 0.656. The van der Waals surface area contributed by atoms with Gasteiger partial charge in [0.05, 0.1) is 0 Å². The van der Waals surface area contributed by atoms with Crippen LogP contribution >= 0.6 is 0 Å². The summed E-state index contributed by atoms with van der Waals surface area (Å²) in [5.41, 5.74) is 2.61. The number of aromatic nitrogens is 1. The minimum absolute atomic E-state index is 0.0911. The third-order valence-electron chi connectivity index (χ3n) is 3.11. The highest BCUT2D eigenvalue weighted by Gasteiger charge is 2.11. The summed E-state index contributed by atoms with van der Waals surface area (Å²) < 4.78 is 0. The maximum absolute atomic E-state index is 11.0. The Balaban J connectivity index is 2.15. The summed E-state index contributed by atoms with van der Waals surface area (Å²) in [6.07, 6.45) is 1.86. The third-order valence-corrected chi connectivity index (χ3v) is 3.11. The highest BCUT2D eigenvalue weighted by Crippen LogP contribution is 2.28. The van der Waals surface area contributed by atoms with Crippen LogP contribution < -0.4 is 0 Å². The molecule has 0 spiro atoms. The van der Waals surface area contributed by atoms with Gasteiger partial charge < -0.3 is 15.2 Å². The van der Waals surface area contributed by atoms with Gasteiger partial charge in [0.25, 0.3) is 0 Å². The van der Waals surface area contributed by atoms with Crippen LogP contribution in [0.1, 0.15) is 10.4 Å². The van der Waals surface area contributed by atoms with Gasteiger partial charge in [-0.3, -0.25) is 0 Å². The lowest BCUT2D eigenvalue weighted by molar-refractivity contribution is 0.0694. The summed E-state index contributed by atoms with van der Waals surface area (Å²) in [6.45, 7) is 0. The molecule has 0 fully saturated rings. The molecular weight excluding hydrogens is 242 g/mol. The van der Waals surface area contributed by atoms with E-state index in [1.807, 2.05) is 30.5 Å². The molecule has 0 saturated heterocycles. The molecule has 0 aliphatic carbocycles. The topological polar surface area (TPSA) is 73.3 Å². The van der Waals surface area contributed by atoms with Crippen LogP contribution in [-0.4, -0.2) is 21.2 Å². The molecule has 3 rings (SSSR count). The zero-order valence-corrected chi connectivity index (χ0v) is 9.92. The molecule has 4 heteroatoms. The number of phenols is 1. The predicted molar refractivity (Wildman–Crippen MR) is 72.4 cm³/mol. The van der Waals surface area contributed by atoms with Crippen LogP contribution in [0.3, 0.4) is 0 Å². The number of nitrogens with one attached hydrogen (secondary N) is 1. The van der Waals surface area contributed by atoms with Crippen LogP contribution in [0.2, 0.25) is 0 Å². The lowest BCUT2D eigenvalue weighted by atomic mass is 10.0. The number of aromatic hydroxyl groups is 1. The average Bonchev–Trinajstić information content (AvgIpc) is 2.86. The summed E-state index contributed by atoms with van der Waals surface area (Å²) in [6, 6.07) is 12.4. The first-order chi connectivity index (χ1) is 9.15. The number of carboxylic acid groups (broad SMARTS) is 1. The first kappa shape index (κ1) is 11.3. The molecule has 0 aliphatic rings. The molecule has 0 amide bonds. The van der Waals surface area contributed by atoms with Crippen LogP contribution in [0.4, 0.5) is 0 Å². The van der Waals surface area contributed by atoms with E-state index in [2.05, 4.69) is 4.98 Å². The van der Waals surface area contributed by atoms with E-state index in [4.69, 9.17) is 5.11 Å². The summed E-state index contributed by atoms with van der Waals surface area (Å²) >= 11 is 0. The van der Waals surface area contributed by atoms with Crippen LogP contribution in [0.25, 0.3) is 22.0 Å². The summed E-state index contributed by atoms with van der Waals surface area (Å²) in [4.78, 5) is 14.1. The maximum atomic E-state index is 11.0. The first-order valence-corrected chi connectivity index (χ1v) is 5.79. The van der Waals surface area contributed by atoms with E-state index < -0.39 is 5.97 Å². The van der Waals surface area contributed by atoms with Crippen molar-refractivity contribution < 1.29 is 15.0 Å². The van der Waals surface area contributed by atoms with Crippen molar-refractivity contribution in [2.45, 2.75) is 0 Å². The highest BCUT2D eigenvalue weighted by molar-refractivity contribution is 5.93. The molecule has 4 nitrogen and oxygen atoms in total. The Kier molecular flexibility index (Phi) is 2.49. The molecule has 2 aromatic carbocycles. The molecule has 3 N–H and O–H groups in total. The van der Waals surface area contributed by atoms with Crippen molar-refractivity contribution in [3.63, 3.8) is 0 Å². The molecule has 0 atom stereocenters. The van der Waals surface area contributed by atoms with E-state index in [1.165, 1.54) is 12.1 Å². The van der Waals surface area contributed by atoms with Gasteiger partial charge in [0.15, 0.2) is 0 Å². The lowest BCUT2D eigenvalue weighted by Crippen LogP contribution is -1.96. The Morgan fingerprint density at radius 1 is 1.00 bits per heavy atom. The fourth-order valence-electron chi connectivity index (χ4n) is 2.12. The molecule has 94 valence electrons. The van der Waals surface area contributed by atoms with Crippen molar-refractivity contribution >= 4 is 16.9 Å². The second-order valence-electron chi connectivity index (χ2n) is 4.32. The van der Waals surface area contributed by atoms with E-state index in [0.717, 1.165) is 22.0 Å². The number of aromatic carboxylic acids is 1. The summed E-state index contributed by atoms with van der Waals surface area (Å²) in [5.74, 6) is -1.36. The lowest BCUT2D eigenvalue weighted by Gasteiger charge is -2.05. The Bertz CT molecular complexity index is 774. The SMILES string of the molecule is O=C(O)c1cc(-c2ccc3[nH]ccc3c2)ccc1O. The van der Waals surface area contributed by atoms with Crippen LogP contribution in [0, 0.1) is 0 Å². The van der Waals surface area contributed by atoms with Crippen molar-refractivity contribution in [3.8, 4) is 16.9 Å². The van der Waals surface area contributed by atoms with Crippen molar-refractivity contribution in [2.24, 2.45) is 0 Å². The number of carboxylic acids is 1. The number of hydrogen-bond donors (Lipinski definition) is 3. The standard InChI is InChI=1S/C15H11NO3/c17-14-4-2-10(8-12(14)15(18)19)9-1-3-13-11(7-9)5-6-16-13/h1-8,16-17H,(H,18,19). The van der Waals surface area contributed by atoms with E-state index in [0.29, 0.717) is 0 Å². The Morgan fingerprint density at radius 3 is 2.53 bits per heavy atom. The molecule has 3 aromatic rings. The fraction of sp³-hybridized carbons (Fsp3) is 0. The smallest absolute Gasteiger partial charge is 0.339 e. The zero-order chi connectivity index (χ0) is 13.4. The van der Waals surface area contributed by atoms with E-state index in [1.54, 1.807) is 6.07 Å². The van der Waals surface area contributed by atoms with Gasteiger partial charge in [-0.1, -0.05) is 12.1 Å². The van der Waals surface area contributed by atoms with Gasteiger partial charge in [-0.2, -0.15) is 0 Å². The number of carbonyl (C=O) groups is 1. The first-order valence-electron chi connectivity index (χ1n) is 5.79. The average molecular weight is 253 g/mol. The van der Waals surface area contributed by atoms with Crippen molar-refractivity contribution in [1.82, 2.24) is 4.98 Å². The molecule has 0 bridgehead atoms. The maximum Gasteiger partial charge on any atom is 0.339 e. The Morgan fingerprint density at radius 2 is 1.74 bits per heavy atom. The van der Waals surface area contributed by atoms with Crippen molar-refractivity contribution in [1.29, 1.82) is 0 Å². The highest BCUT2D eigenvalue weighted by atomic mass is 16.4. The second-order valence-corrected chi connectivity index (χ2v) is 4.32. The summed E-state index contributed by atoms with van der Waals surface area (Å²) in [5, 5.41) is 19.6. The Labute approximate surface area is 108 Å². The molecule has 0 radical (unpaired) electrons. The van der Waals surface area contributed by atoms with Crippen molar-refractivity contribution in [2.75, 3.05) is 0 Å². The zero-order valence-electron chi connectivity index (χ0n) is 9.92. The number of H-pyrrole nitrogens is 1. The van der Waals surface area contributed by atoms with Gasteiger partial charge in [0.1, 0.15) is 11.3 Å². The second kappa shape index (κ2) is 4.17. The van der Waals surface area contributed by atoms with Gasteiger partial charge >= 0.3 is 5.97 Å². The molecule has 0 aliphatic heterocycles. The number of fused-ring (bicyclic) bond motifs is 1. The Hall–Kier alpha value is -2.75. The minimum atomic E-state index is -1.14. The van der Waals surface area contributed by atoms with Gasteiger partial charge in [-0.15, -0.1) is 0 Å². The fourth-order valence-corrected chi connectivity index (χ4v) is 2.12. The summed E-state index contributed by atoms with van der Waals surface area (Å²) in [7, 11) is 0. The van der Waals surface area contributed by atoms with Crippen LogP contribution in [0.15, 0.2) is 48.7 Å². The monoisotopic (exact) mass is 253 g/mol. The third kappa shape index (κ3) is 1.93. The molecule has 1 heterocycles. The van der Waals surface area contributed by atoms with Gasteiger partial charge in [0.2, 0.25) is 0 Å². The molecular formula is C15H11NO3. The molecule has 0 saturated carbocycles. The predicted octanol–water partition coefficient (Wildman–Crippen LogP) is 3.24. The van der Waals surface area contributed by atoms with Crippen LogP contribution in [-0.2, 0) is 0 Å². The molecule has 19 heavy (non-hydrogen) atoms. The largest absolute Gasteiger partial charge is 0.507 e. The van der Waals surface area contributed by atoms with E-state index in [-0.39, 0.29) is 11.3 Å². The number of rotatable bonds is 2. The number of hydrogen-bond acceptors (Lipinski definition) is 2. The van der Waals surface area contributed by atoms with Gasteiger partial charge in [0, 0.05) is 11.7 Å². The minimum Gasteiger partial charge on any atom is -0.507 e. The van der Waals surface area contributed by atoms with Crippen LogP contribution in [0.5, 0.6) is 5.75 Å². The van der Waals surface area contributed by atoms with E-state index in [9.17, 15) is 9.90 Å². The molecule has 0 unspecified atom stereocenters.